The number of rotatable bonds is 6. The minimum atomic E-state index is -1.05. The molecule has 1 aromatic rings. The Morgan fingerprint density at radius 3 is 2.47 bits per heavy atom. The SMILES string of the molecule is CCNCC(=O)O.Nc1cccc2c1C(=O)N(C1CCC(=O)N(CCO)C1=O)C2=O. The third-order valence-corrected chi connectivity index (χ3v) is 4.62. The van der Waals surface area contributed by atoms with E-state index in [-0.39, 0.29) is 49.4 Å². The number of β-amino-alcohol motifs (C(OH)–C–C–N with tert-alkyl or cyclic N) is 1. The van der Waals surface area contributed by atoms with Crippen LogP contribution in [-0.4, -0.2) is 81.9 Å². The largest absolute Gasteiger partial charge is 0.480 e. The molecule has 2 aliphatic rings. The van der Waals surface area contributed by atoms with Gasteiger partial charge in [0.1, 0.15) is 6.04 Å². The summed E-state index contributed by atoms with van der Waals surface area (Å²) in [7, 11) is 0. The number of amides is 4. The molecule has 0 spiro atoms. The molecule has 30 heavy (non-hydrogen) atoms. The highest BCUT2D eigenvalue weighted by Gasteiger charge is 2.47. The van der Waals surface area contributed by atoms with Gasteiger partial charge in [0, 0.05) is 12.1 Å². The zero-order valence-electron chi connectivity index (χ0n) is 16.5. The maximum Gasteiger partial charge on any atom is 0.317 e. The quantitative estimate of drug-likeness (QED) is 0.335. The van der Waals surface area contributed by atoms with Crippen LogP contribution in [0.15, 0.2) is 18.2 Å². The number of imide groups is 2. The monoisotopic (exact) mass is 420 g/mol. The van der Waals surface area contributed by atoms with E-state index in [0.29, 0.717) is 6.54 Å². The first-order valence-electron chi connectivity index (χ1n) is 9.38. The van der Waals surface area contributed by atoms with Crippen molar-refractivity contribution in [1.29, 1.82) is 0 Å². The molecule has 2 aliphatic heterocycles. The highest BCUT2D eigenvalue weighted by molar-refractivity contribution is 6.25. The van der Waals surface area contributed by atoms with Crippen LogP contribution in [0.25, 0.3) is 0 Å². The van der Waals surface area contributed by atoms with Gasteiger partial charge < -0.3 is 21.3 Å². The van der Waals surface area contributed by atoms with Crippen molar-refractivity contribution in [2.45, 2.75) is 25.8 Å². The van der Waals surface area contributed by atoms with E-state index in [1.165, 1.54) is 12.1 Å². The van der Waals surface area contributed by atoms with E-state index in [1.807, 2.05) is 6.92 Å². The number of anilines is 1. The summed E-state index contributed by atoms with van der Waals surface area (Å²) in [6.45, 7) is 2.12. The highest BCUT2D eigenvalue weighted by atomic mass is 16.4. The minimum Gasteiger partial charge on any atom is -0.480 e. The fraction of sp³-hybridized carbons (Fsp3) is 0.421. The van der Waals surface area contributed by atoms with Crippen LogP contribution >= 0.6 is 0 Å². The van der Waals surface area contributed by atoms with Gasteiger partial charge in [-0.2, -0.15) is 0 Å². The van der Waals surface area contributed by atoms with Gasteiger partial charge in [0.15, 0.2) is 0 Å². The second-order valence-corrected chi connectivity index (χ2v) is 6.59. The van der Waals surface area contributed by atoms with Crippen molar-refractivity contribution in [3.8, 4) is 0 Å². The molecule has 1 fully saturated rings. The molecular formula is C19H24N4O7. The minimum absolute atomic E-state index is 0.0271. The lowest BCUT2D eigenvalue weighted by Crippen LogP contribution is -2.56. The number of likely N-dealkylation sites (tertiary alicyclic amines) is 1. The van der Waals surface area contributed by atoms with E-state index in [2.05, 4.69) is 5.32 Å². The van der Waals surface area contributed by atoms with Crippen molar-refractivity contribution in [2.75, 3.05) is 32.0 Å². The predicted molar refractivity (Wildman–Crippen MR) is 104 cm³/mol. The van der Waals surface area contributed by atoms with Gasteiger partial charge in [0.05, 0.1) is 30.8 Å². The van der Waals surface area contributed by atoms with Crippen LogP contribution in [-0.2, 0) is 14.4 Å². The summed E-state index contributed by atoms with van der Waals surface area (Å²) in [6, 6.07) is 3.51. The number of hydrogen-bond acceptors (Lipinski definition) is 8. The lowest BCUT2D eigenvalue weighted by Gasteiger charge is -2.34. The number of aliphatic carboxylic acids is 1. The number of hydrogen-bond donors (Lipinski definition) is 4. The summed E-state index contributed by atoms with van der Waals surface area (Å²) >= 11 is 0. The van der Waals surface area contributed by atoms with E-state index in [1.54, 1.807) is 6.07 Å². The number of fused-ring (bicyclic) bond motifs is 1. The number of carbonyl (C=O) groups excluding carboxylic acids is 4. The number of benzene rings is 1. The van der Waals surface area contributed by atoms with Gasteiger partial charge in [-0.3, -0.25) is 33.8 Å². The van der Waals surface area contributed by atoms with Gasteiger partial charge in [-0.15, -0.1) is 0 Å². The Morgan fingerprint density at radius 1 is 1.23 bits per heavy atom. The first-order chi connectivity index (χ1) is 14.2. The Kier molecular flexibility index (Phi) is 7.61. The third-order valence-electron chi connectivity index (χ3n) is 4.62. The Balaban J connectivity index is 0.000000396. The Bertz CT molecular complexity index is 870. The zero-order chi connectivity index (χ0) is 22.4. The smallest absolute Gasteiger partial charge is 0.317 e. The Morgan fingerprint density at radius 2 is 1.93 bits per heavy atom. The predicted octanol–water partition coefficient (Wildman–Crippen LogP) is -0.945. The van der Waals surface area contributed by atoms with Crippen LogP contribution in [0.5, 0.6) is 0 Å². The van der Waals surface area contributed by atoms with Crippen LogP contribution in [0.3, 0.4) is 0 Å². The van der Waals surface area contributed by atoms with E-state index in [9.17, 15) is 24.0 Å². The maximum atomic E-state index is 12.5. The van der Waals surface area contributed by atoms with Crippen LogP contribution in [0.2, 0.25) is 0 Å². The molecule has 11 heteroatoms. The van der Waals surface area contributed by atoms with E-state index < -0.39 is 35.6 Å². The molecular weight excluding hydrogens is 396 g/mol. The van der Waals surface area contributed by atoms with Crippen LogP contribution < -0.4 is 11.1 Å². The molecule has 0 aromatic heterocycles. The molecule has 0 radical (unpaired) electrons. The first-order valence-corrected chi connectivity index (χ1v) is 9.38. The van der Waals surface area contributed by atoms with Crippen molar-refractivity contribution in [2.24, 2.45) is 0 Å². The van der Waals surface area contributed by atoms with E-state index in [0.717, 1.165) is 9.80 Å². The molecule has 1 aromatic carbocycles. The number of nitrogen functional groups attached to an aromatic ring is 1. The molecule has 0 saturated carbocycles. The van der Waals surface area contributed by atoms with Gasteiger partial charge in [0.2, 0.25) is 5.91 Å². The summed E-state index contributed by atoms with van der Waals surface area (Å²) in [6.07, 6.45) is 0.101. The fourth-order valence-electron chi connectivity index (χ4n) is 3.24. The van der Waals surface area contributed by atoms with Crippen LogP contribution in [0.4, 0.5) is 5.69 Å². The van der Waals surface area contributed by atoms with E-state index in [4.69, 9.17) is 15.9 Å². The number of carboxylic acid groups (broad SMARTS) is 1. The van der Waals surface area contributed by atoms with Crippen molar-refractivity contribution in [1.82, 2.24) is 15.1 Å². The van der Waals surface area contributed by atoms with Crippen molar-refractivity contribution in [3.63, 3.8) is 0 Å². The number of nitrogens with two attached hydrogens (primary N) is 1. The number of carboxylic acids is 1. The second-order valence-electron chi connectivity index (χ2n) is 6.59. The summed E-state index contributed by atoms with van der Waals surface area (Å²) < 4.78 is 0. The molecule has 162 valence electrons. The molecule has 5 N–H and O–H groups in total. The molecule has 11 nitrogen and oxygen atoms in total. The molecule has 1 unspecified atom stereocenters. The van der Waals surface area contributed by atoms with Crippen LogP contribution in [0, 0.1) is 0 Å². The highest BCUT2D eigenvalue weighted by Crippen LogP contribution is 2.31. The molecule has 0 bridgehead atoms. The zero-order valence-corrected chi connectivity index (χ0v) is 16.5. The number of piperidine rings is 1. The molecule has 1 atom stereocenters. The lowest BCUT2D eigenvalue weighted by molar-refractivity contribution is -0.152. The lowest BCUT2D eigenvalue weighted by atomic mass is 10.0. The van der Waals surface area contributed by atoms with Gasteiger partial charge in [0.25, 0.3) is 17.7 Å². The van der Waals surface area contributed by atoms with Crippen molar-refractivity contribution >= 4 is 35.3 Å². The summed E-state index contributed by atoms with van der Waals surface area (Å²) in [5, 5.41) is 19.6. The third kappa shape index (κ3) is 4.63. The van der Waals surface area contributed by atoms with E-state index >= 15 is 0 Å². The molecule has 0 aliphatic carbocycles. The average Bonchev–Trinajstić information content (AvgIpc) is 2.96. The number of carbonyl (C=O) groups is 5. The average molecular weight is 420 g/mol. The van der Waals surface area contributed by atoms with Gasteiger partial charge in [-0.1, -0.05) is 13.0 Å². The Hall–Kier alpha value is -3.31. The fourth-order valence-corrected chi connectivity index (χ4v) is 3.24. The number of aliphatic hydroxyl groups excluding tert-OH is 1. The number of likely N-dealkylation sites (N-methyl/N-ethyl adjacent to an activating group) is 1. The number of nitrogens with one attached hydrogen (secondary N) is 1. The summed E-state index contributed by atoms with van der Waals surface area (Å²) in [4.78, 5) is 60.7. The topological polar surface area (TPSA) is 170 Å². The van der Waals surface area contributed by atoms with Gasteiger partial charge >= 0.3 is 5.97 Å². The summed E-state index contributed by atoms with van der Waals surface area (Å²) in [5.74, 6) is -3.09. The molecule has 1 saturated heterocycles. The second kappa shape index (κ2) is 9.94. The summed E-state index contributed by atoms with van der Waals surface area (Å²) in [5.41, 5.74) is 6.20. The van der Waals surface area contributed by atoms with Gasteiger partial charge in [-0.05, 0) is 25.1 Å². The molecule has 3 rings (SSSR count). The van der Waals surface area contributed by atoms with Gasteiger partial charge in [-0.25, -0.2) is 0 Å². The normalized spacial score (nSPS) is 18.3. The maximum absolute atomic E-state index is 12.5. The standard InChI is InChI=1S/C15H15N3O5.C4H9NO2/c16-9-3-1-2-8-12(9)15(23)18(13(8)21)10-4-5-11(20)17(6-7-19)14(10)22;1-2-5-3-4(6)7/h1-3,10,19H,4-7,16H2;5H,2-3H2,1H3,(H,6,7). The molecule has 2 heterocycles. The van der Waals surface area contributed by atoms with Crippen molar-refractivity contribution < 1.29 is 34.2 Å². The van der Waals surface area contributed by atoms with Crippen molar-refractivity contribution in [3.05, 3.63) is 29.3 Å². The Labute approximate surface area is 172 Å². The number of aliphatic hydroxyl groups is 1. The van der Waals surface area contributed by atoms with Crippen LogP contribution in [0.1, 0.15) is 40.5 Å². The molecule has 4 amide bonds. The first kappa shape index (κ1) is 23.0. The number of nitrogens with zero attached hydrogens (tertiary/aromatic N) is 2.